The highest BCUT2D eigenvalue weighted by atomic mass is 16.5. The van der Waals surface area contributed by atoms with Crippen LogP contribution >= 0.6 is 0 Å². The molecular formula is C20H24N2O5. The van der Waals surface area contributed by atoms with E-state index in [4.69, 9.17) is 4.74 Å². The molecule has 1 aliphatic heterocycles. The molecule has 3 amide bonds. The van der Waals surface area contributed by atoms with E-state index in [1.165, 1.54) is 0 Å². The SMILES string of the molecule is O=C(COC(=O)CN1C(=O)[C@H]2CCCC[C@H]2C1=O)NCCc1ccccc1. The van der Waals surface area contributed by atoms with Gasteiger partial charge in [0.15, 0.2) is 6.61 Å². The van der Waals surface area contributed by atoms with Crippen molar-refractivity contribution in [2.24, 2.45) is 11.8 Å². The summed E-state index contributed by atoms with van der Waals surface area (Å²) in [5.74, 6) is -2.30. The molecule has 1 aromatic carbocycles. The Morgan fingerprint density at radius 2 is 1.67 bits per heavy atom. The number of carbonyl (C=O) groups excluding carboxylic acids is 4. The Labute approximate surface area is 158 Å². The molecule has 0 radical (unpaired) electrons. The van der Waals surface area contributed by atoms with Gasteiger partial charge in [-0.15, -0.1) is 0 Å². The Bertz CT molecular complexity index is 694. The summed E-state index contributed by atoms with van der Waals surface area (Å²) in [7, 11) is 0. The van der Waals surface area contributed by atoms with Crippen LogP contribution in [0.1, 0.15) is 31.2 Å². The van der Waals surface area contributed by atoms with Crippen LogP contribution in [0.5, 0.6) is 0 Å². The van der Waals surface area contributed by atoms with Crippen molar-refractivity contribution in [3.8, 4) is 0 Å². The Kier molecular flexibility index (Phi) is 6.21. The lowest BCUT2D eigenvalue weighted by molar-refractivity contribution is -0.154. The van der Waals surface area contributed by atoms with Gasteiger partial charge in [0.1, 0.15) is 6.54 Å². The molecule has 7 heteroatoms. The number of likely N-dealkylation sites (tertiary alicyclic amines) is 1. The van der Waals surface area contributed by atoms with Crippen LogP contribution in [0.4, 0.5) is 0 Å². The van der Waals surface area contributed by atoms with Gasteiger partial charge in [-0.05, 0) is 24.8 Å². The van der Waals surface area contributed by atoms with Crippen LogP contribution < -0.4 is 5.32 Å². The van der Waals surface area contributed by atoms with Crippen molar-refractivity contribution >= 4 is 23.7 Å². The van der Waals surface area contributed by atoms with Crippen LogP contribution in [-0.2, 0) is 30.3 Å². The number of benzene rings is 1. The smallest absolute Gasteiger partial charge is 0.326 e. The highest BCUT2D eigenvalue weighted by molar-refractivity contribution is 6.07. The Balaban J connectivity index is 1.38. The second-order valence-electron chi connectivity index (χ2n) is 7.01. The summed E-state index contributed by atoms with van der Waals surface area (Å²) >= 11 is 0. The highest BCUT2D eigenvalue weighted by Crippen LogP contribution is 2.37. The van der Waals surface area contributed by atoms with Crippen LogP contribution in [-0.4, -0.2) is 48.3 Å². The number of fused-ring (bicyclic) bond motifs is 1. The third-order valence-electron chi connectivity index (χ3n) is 5.16. The van der Waals surface area contributed by atoms with Crippen LogP contribution in [0.3, 0.4) is 0 Å². The van der Waals surface area contributed by atoms with E-state index >= 15 is 0 Å². The zero-order chi connectivity index (χ0) is 19.2. The van der Waals surface area contributed by atoms with Gasteiger partial charge >= 0.3 is 5.97 Å². The molecule has 1 saturated heterocycles. The average molecular weight is 372 g/mol. The van der Waals surface area contributed by atoms with E-state index in [0.717, 1.165) is 23.3 Å². The van der Waals surface area contributed by atoms with Crippen LogP contribution in [0.25, 0.3) is 0 Å². The van der Waals surface area contributed by atoms with Crippen molar-refractivity contribution in [3.63, 3.8) is 0 Å². The number of amides is 3. The topological polar surface area (TPSA) is 92.8 Å². The number of ether oxygens (including phenoxy) is 1. The lowest BCUT2D eigenvalue weighted by atomic mass is 9.81. The first-order valence-electron chi connectivity index (χ1n) is 9.37. The summed E-state index contributed by atoms with van der Waals surface area (Å²) in [6.45, 7) is -0.397. The molecule has 0 bridgehead atoms. The number of nitrogens with one attached hydrogen (secondary N) is 1. The molecule has 2 fully saturated rings. The molecule has 27 heavy (non-hydrogen) atoms. The normalized spacial score (nSPS) is 21.7. The molecule has 1 aliphatic carbocycles. The largest absolute Gasteiger partial charge is 0.454 e. The Morgan fingerprint density at radius 1 is 1.04 bits per heavy atom. The number of nitrogens with zero attached hydrogens (tertiary/aromatic N) is 1. The molecule has 3 rings (SSSR count). The number of esters is 1. The van der Waals surface area contributed by atoms with Gasteiger partial charge in [-0.2, -0.15) is 0 Å². The van der Waals surface area contributed by atoms with E-state index in [1.807, 2.05) is 30.3 Å². The number of imide groups is 1. The lowest BCUT2D eigenvalue weighted by Crippen LogP contribution is -2.38. The van der Waals surface area contributed by atoms with Gasteiger partial charge in [0.05, 0.1) is 11.8 Å². The Morgan fingerprint density at radius 3 is 2.30 bits per heavy atom. The van der Waals surface area contributed by atoms with Crippen molar-refractivity contribution in [1.82, 2.24) is 10.2 Å². The maximum absolute atomic E-state index is 12.3. The molecule has 0 spiro atoms. The summed E-state index contributed by atoms with van der Waals surface area (Å²) in [5.41, 5.74) is 1.10. The van der Waals surface area contributed by atoms with Crippen LogP contribution in [0.15, 0.2) is 30.3 Å². The van der Waals surface area contributed by atoms with Crippen molar-refractivity contribution in [2.45, 2.75) is 32.1 Å². The molecule has 7 nitrogen and oxygen atoms in total. The van der Waals surface area contributed by atoms with Gasteiger partial charge in [-0.3, -0.25) is 24.1 Å². The monoisotopic (exact) mass is 372 g/mol. The zero-order valence-electron chi connectivity index (χ0n) is 15.2. The van der Waals surface area contributed by atoms with E-state index < -0.39 is 25.0 Å². The van der Waals surface area contributed by atoms with Gasteiger partial charge < -0.3 is 10.1 Å². The molecule has 1 aromatic rings. The molecule has 144 valence electrons. The van der Waals surface area contributed by atoms with Crippen molar-refractivity contribution in [1.29, 1.82) is 0 Å². The quantitative estimate of drug-likeness (QED) is 0.571. The number of carbonyl (C=O) groups is 4. The highest BCUT2D eigenvalue weighted by Gasteiger charge is 2.48. The van der Waals surface area contributed by atoms with Crippen molar-refractivity contribution in [3.05, 3.63) is 35.9 Å². The minimum Gasteiger partial charge on any atom is -0.454 e. The third-order valence-corrected chi connectivity index (χ3v) is 5.16. The molecule has 1 saturated carbocycles. The average Bonchev–Trinajstić information content (AvgIpc) is 2.92. The predicted octanol–water partition coefficient (Wildman–Crippen LogP) is 1.06. The number of hydrogen-bond acceptors (Lipinski definition) is 5. The van der Waals surface area contributed by atoms with Crippen LogP contribution in [0, 0.1) is 11.8 Å². The maximum atomic E-state index is 12.3. The van der Waals surface area contributed by atoms with E-state index in [1.54, 1.807) is 0 Å². The van der Waals surface area contributed by atoms with E-state index in [0.29, 0.717) is 25.8 Å². The zero-order valence-corrected chi connectivity index (χ0v) is 15.2. The minimum atomic E-state index is -0.742. The molecule has 0 unspecified atom stereocenters. The second-order valence-corrected chi connectivity index (χ2v) is 7.01. The van der Waals surface area contributed by atoms with Crippen LogP contribution in [0.2, 0.25) is 0 Å². The fourth-order valence-electron chi connectivity index (χ4n) is 3.75. The summed E-state index contributed by atoms with van der Waals surface area (Å²) in [4.78, 5) is 49.4. The molecule has 1 heterocycles. The lowest BCUT2D eigenvalue weighted by Gasteiger charge is -2.19. The molecule has 1 N–H and O–H groups in total. The first-order chi connectivity index (χ1) is 13.1. The summed E-state index contributed by atoms with van der Waals surface area (Å²) < 4.78 is 4.92. The maximum Gasteiger partial charge on any atom is 0.326 e. The van der Waals surface area contributed by atoms with E-state index in [2.05, 4.69) is 5.32 Å². The van der Waals surface area contributed by atoms with Gasteiger partial charge in [0, 0.05) is 6.54 Å². The summed E-state index contributed by atoms with van der Waals surface area (Å²) in [6.07, 6.45) is 3.94. The first kappa shape index (κ1) is 19.1. The molecule has 0 aromatic heterocycles. The number of hydrogen-bond donors (Lipinski definition) is 1. The second kappa shape index (κ2) is 8.79. The summed E-state index contributed by atoms with van der Waals surface area (Å²) in [6, 6.07) is 9.71. The van der Waals surface area contributed by atoms with Gasteiger partial charge in [0.25, 0.3) is 5.91 Å². The Hall–Kier alpha value is -2.70. The van der Waals surface area contributed by atoms with Gasteiger partial charge in [-0.1, -0.05) is 43.2 Å². The molecule has 2 atom stereocenters. The van der Waals surface area contributed by atoms with Crippen molar-refractivity contribution < 1.29 is 23.9 Å². The third kappa shape index (κ3) is 4.72. The molecule has 2 aliphatic rings. The minimum absolute atomic E-state index is 0.283. The predicted molar refractivity (Wildman–Crippen MR) is 96.3 cm³/mol. The van der Waals surface area contributed by atoms with Crippen molar-refractivity contribution in [2.75, 3.05) is 19.7 Å². The molecular weight excluding hydrogens is 348 g/mol. The first-order valence-corrected chi connectivity index (χ1v) is 9.37. The summed E-state index contributed by atoms with van der Waals surface area (Å²) in [5, 5.41) is 2.67. The standard InChI is InChI=1S/C20H24N2O5/c23-17(21-11-10-14-6-2-1-3-7-14)13-27-18(24)12-22-19(25)15-8-4-5-9-16(15)20(22)26/h1-3,6-7,15-16H,4-5,8-13H2,(H,21,23)/t15-,16+. The fraction of sp³-hybridized carbons (Fsp3) is 0.500. The van der Waals surface area contributed by atoms with E-state index in [-0.39, 0.29) is 23.7 Å². The van der Waals surface area contributed by atoms with Gasteiger partial charge in [0.2, 0.25) is 11.8 Å². The number of rotatable bonds is 7. The van der Waals surface area contributed by atoms with E-state index in [9.17, 15) is 19.2 Å². The fourth-order valence-corrected chi connectivity index (χ4v) is 3.75. The van der Waals surface area contributed by atoms with Gasteiger partial charge in [-0.25, -0.2) is 0 Å².